The lowest BCUT2D eigenvalue weighted by molar-refractivity contribution is -0.114. The third-order valence-electron chi connectivity index (χ3n) is 4.94. The molecule has 1 aromatic heterocycles. The molecule has 2 aromatic rings. The average Bonchev–Trinajstić information content (AvgIpc) is 3.17. The number of hydrogen-bond acceptors (Lipinski definition) is 4. The van der Waals surface area contributed by atoms with Crippen LogP contribution in [-0.2, 0) is 4.79 Å². The molecular formula is C21H19ClN4O2S. The van der Waals surface area contributed by atoms with Gasteiger partial charge in [0.1, 0.15) is 11.6 Å². The molecule has 2 aliphatic rings. The van der Waals surface area contributed by atoms with E-state index in [0.717, 1.165) is 28.3 Å². The monoisotopic (exact) mass is 426 g/mol. The van der Waals surface area contributed by atoms with Gasteiger partial charge < -0.3 is 9.30 Å². The Labute approximate surface area is 178 Å². The highest BCUT2D eigenvalue weighted by Gasteiger charge is 2.34. The molecule has 6 nitrogen and oxygen atoms in total. The third-order valence-corrected chi connectivity index (χ3v) is 6.12. The summed E-state index contributed by atoms with van der Waals surface area (Å²) in [5.74, 6) is 0.437. The van der Waals surface area contributed by atoms with Gasteiger partial charge in [-0.05, 0) is 62.1 Å². The van der Waals surface area contributed by atoms with Crippen molar-refractivity contribution in [3.63, 3.8) is 0 Å². The van der Waals surface area contributed by atoms with E-state index < -0.39 is 5.91 Å². The summed E-state index contributed by atoms with van der Waals surface area (Å²) in [6.07, 6.45) is 1.73. The number of aryl methyl sites for hydroxylation is 1. The van der Waals surface area contributed by atoms with E-state index in [2.05, 4.69) is 4.99 Å². The normalized spacial score (nSPS) is 17.6. The number of aromatic nitrogens is 1. The van der Waals surface area contributed by atoms with Gasteiger partial charge in [-0.3, -0.25) is 15.1 Å². The molecule has 0 saturated carbocycles. The Balaban J connectivity index is 1.82. The summed E-state index contributed by atoms with van der Waals surface area (Å²) in [6, 6.07) is 7.43. The van der Waals surface area contributed by atoms with Gasteiger partial charge in [-0.15, -0.1) is 0 Å². The van der Waals surface area contributed by atoms with Crippen molar-refractivity contribution in [2.75, 3.05) is 7.11 Å². The Bertz CT molecular complexity index is 1160. The van der Waals surface area contributed by atoms with Crippen molar-refractivity contribution < 1.29 is 9.53 Å². The minimum absolute atomic E-state index is 0.142. The Morgan fingerprint density at radius 1 is 1.24 bits per heavy atom. The number of benzene rings is 1. The first-order valence-electron chi connectivity index (χ1n) is 8.92. The zero-order valence-electron chi connectivity index (χ0n) is 16.4. The van der Waals surface area contributed by atoms with E-state index in [-0.39, 0.29) is 11.4 Å². The molecule has 2 aliphatic heterocycles. The number of aliphatic imine (C=N–C) groups is 1. The van der Waals surface area contributed by atoms with Crippen LogP contribution < -0.4 is 4.74 Å². The zero-order valence-corrected chi connectivity index (χ0v) is 18.0. The van der Waals surface area contributed by atoms with Crippen LogP contribution in [0.4, 0.5) is 0 Å². The molecule has 29 heavy (non-hydrogen) atoms. The second-order valence-corrected chi connectivity index (χ2v) is 8.07. The number of thioether (sulfide) groups is 1. The molecule has 1 aromatic carbocycles. The lowest BCUT2D eigenvalue weighted by Gasteiger charge is -2.25. The SMILES string of the molecule is COc1ccc(Cl)cc1-n1c(C)cc(/C=C2/C(=N)N3C(C)=CSC3=NC2=O)c1C. The number of fused-ring (bicyclic) bond motifs is 1. The van der Waals surface area contributed by atoms with Gasteiger partial charge >= 0.3 is 0 Å². The predicted octanol–water partition coefficient (Wildman–Crippen LogP) is 4.92. The lowest BCUT2D eigenvalue weighted by Crippen LogP contribution is -2.37. The van der Waals surface area contributed by atoms with Crippen molar-refractivity contribution in [3.8, 4) is 11.4 Å². The van der Waals surface area contributed by atoms with Gasteiger partial charge in [-0.1, -0.05) is 23.4 Å². The molecule has 1 N–H and O–H groups in total. The molecule has 0 unspecified atom stereocenters. The maximum absolute atomic E-state index is 12.6. The molecule has 0 aliphatic carbocycles. The first-order chi connectivity index (χ1) is 13.8. The van der Waals surface area contributed by atoms with E-state index in [1.807, 2.05) is 48.9 Å². The van der Waals surface area contributed by atoms with Crippen molar-refractivity contribution in [3.05, 3.63) is 62.9 Å². The number of rotatable bonds is 3. The molecule has 0 atom stereocenters. The van der Waals surface area contributed by atoms with Gasteiger partial charge in [-0.2, -0.15) is 4.99 Å². The quantitative estimate of drug-likeness (QED) is 0.707. The first kappa shape index (κ1) is 19.5. The Morgan fingerprint density at radius 2 is 2.00 bits per heavy atom. The first-order valence-corrected chi connectivity index (χ1v) is 10.2. The summed E-state index contributed by atoms with van der Waals surface area (Å²) < 4.78 is 7.53. The van der Waals surface area contributed by atoms with Crippen LogP contribution in [0.15, 0.2) is 45.9 Å². The Morgan fingerprint density at radius 3 is 2.72 bits per heavy atom. The summed E-state index contributed by atoms with van der Waals surface area (Å²) in [7, 11) is 1.62. The van der Waals surface area contributed by atoms with Gasteiger partial charge in [0.25, 0.3) is 5.91 Å². The van der Waals surface area contributed by atoms with Crippen LogP contribution >= 0.6 is 23.4 Å². The number of allylic oxidation sites excluding steroid dienone is 1. The van der Waals surface area contributed by atoms with Crippen molar-refractivity contribution in [1.29, 1.82) is 5.41 Å². The van der Waals surface area contributed by atoms with Gasteiger partial charge in [0, 0.05) is 22.1 Å². The number of amidine groups is 2. The molecule has 0 saturated heterocycles. The van der Waals surface area contributed by atoms with Gasteiger partial charge in [0.15, 0.2) is 5.17 Å². The maximum Gasteiger partial charge on any atom is 0.283 e. The number of amides is 1. The molecule has 0 fully saturated rings. The predicted molar refractivity (Wildman–Crippen MR) is 118 cm³/mol. The lowest BCUT2D eigenvalue weighted by atomic mass is 10.1. The Hall–Kier alpha value is -2.77. The van der Waals surface area contributed by atoms with E-state index in [0.29, 0.717) is 15.9 Å². The second kappa shape index (κ2) is 7.24. The van der Waals surface area contributed by atoms with Crippen LogP contribution in [0, 0.1) is 19.3 Å². The van der Waals surface area contributed by atoms with Crippen LogP contribution in [0.2, 0.25) is 5.02 Å². The van der Waals surface area contributed by atoms with Gasteiger partial charge in [0.05, 0.1) is 18.4 Å². The molecule has 4 rings (SSSR count). The number of carbonyl (C=O) groups is 1. The number of carbonyl (C=O) groups excluding carboxylic acids is 1. The zero-order chi connectivity index (χ0) is 20.9. The molecule has 0 spiro atoms. The van der Waals surface area contributed by atoms with Crippen LogP contribution in [0.25, 0.3) is 11.8 Å². The van der Waals surface area contributed by atoms with E-state index in [9.17, 15) is 4.79 Å². The van der Waals surface area contributed by atoms with Gasteiger partial charge in [0.2, 0.25) is 0 Å². The minimum atomic E-state index is -0.401. The summed E-state index contributed by atoms with van der Waals surface area (Å²) >= 11 is 7.57. The maximum atomic E-state index is 12.6. The molecule has 1 amide bonds. The standard InChI is InChI=1S/C21H19ClN4O2S/c1-11-7-14(13(3)25(11)17-9-15(22)5-6-18(17)28-4)8-16-19(23)26-12(2)10-29-21(26)24-20(16)27/h5-10,23H,1-4H3/b16-8-,23-19?. The number of halogens is 1. The van der Waals surface area contributed by atoms with E-state index in [1.165, 1.54) is 11.8 Å². The van der Waals surface area contributed by atoms with Gasteiger partial charge in [-0.25, -0.2) is 0 Å². The van der Waals surface area contributed by atoms with Crippen LogP contribution in [0.3, 0.4) is 0 Å². The fourth-order valence-electron chi connectivity index (χ4n) is 3.54. The highest BCUT2D eigenvalue weighted by atomic mass is 35.5. The highest BCUT2D eigenvalue weighted by molar-refractivity contribution is 8.16. The van der Waals surface area contributed by atoms with E-state index >= 15 is 0 Å². The molecule has 148 valence electrons. The van der Waals surface area contributed by atoms with E-state index in [1.54, 1.807) is 24.2 Å². The fourth-order valence-corrected chi connectivity index (χ4v) is 4.56. The summed E-state index contributed by atoms with van der Waals surface area (Å²) in [4.78, 5) is 18.4. The molecule has 3 heterocycles. The summed E-state index contributed by atoms with van der Waals surface area (Å²) in [5.41, 5.74) is 4.67. The Kier molecular flexibility index (Phi) is 4.88. The van der Waals surface area contributed by atoms with Crippen molar-refractivity contribution in [2.45, 2.75) is 20.8 Å². The van der Waals surface area contributed by atoms with Crippen LogP contribution in [0.1, 0.15) is 23.9 Å². The molecule has 0 bridgehead atoms. The molecule has 0 radical (unpaired) electrons. The van der Waals surface area contributed by atoms with Crippen LogP contribution in [0.5, 0.6) is 5.75 Å². The van der Waals surface area contributed by atoms with Crippen molar-refractivity contribution in [1.82, 2.24) is 9.47 Å². The third kappa shape index (κ3) is 3.20. The average molecular weight is 427 g/mol. The number of ether oxygens (including phenoxy) is 1. The number of nitrogens with one attached hydrogen (secondary N) is 1. The van der Waals surface area contributed by atoms with Crippen molar-refractivity contribution in [2.24, 2.45) is 4.99 Å². The summed E-state index contributed by atoms with van der Waals surface area (Å²) in [6.45, 7) is 5.83. The smallest absolute Gasteiger partial charge is 0.283 e. The van der Waals surface area contributed by atoms with Crippen LogP contribution in [-0.4, -0.2) is 33.5 Å². The topological polar surface area (TPSA) is 70.7 Å². The van der Waals surface area contributed by atoms with E-state index in [4.69, 9.17) is 21.7 Å². The number of methoxy groups -OCH3 is 1. The molecular weight excluding hydrogens is 408 g/mol. The highest BCUT2D eigenvalue weighted by Crippen LogP contribution is 2.34. The minimum Gasteiger partial charge on any atom is -0.495 e. The summed E-state index contributed by atoms with van der Waals surface area (Å²) in [5, 5.41) is 11.6. The number of hydrogen-bond donors (Lipinski definition) is 1. The second-order valence-electron chi connectivity index (χ2n) is 6.80. The van der Waals surface area contributed by atoms with Crippen molar-refractivity contribution >= 4 is 46.3 Å². The molecule has 8 heteroatoms. The fraction of sp³-hybridized carbons (Fsp3) is 0.190. The largest absolute Gasteiger partial charge is 0.495 e. The number of nitrogens with zero attached hydrogens (tertiary/aromatic N) is 3.